The summed E-state index contributed by atoms with van der Waals surface area (Å²) in [7, 11) is 3.52. The summed E-state index contributed by atoms with van der Waals surface area (Å²) in [5.74, 6) is 1.70. The number of morpholine rings is 1. The second-order valence-electron chi connectivity index (χ2n) is 8.10. The van der Waals surface area contributed by atoms with Crippen molar-refractivity contribution < 1.29 is 9.47 Å². The maximum Gasteiger partial charge on any atom is 0.191 e. The molecule has 0 spiro atoms. The standard InChI is InChI=1S/C23H34N4O2S/c1-23(2,18-7-9-19(28-4)10-8-18)17-26-22(24-3)25-16-20(21-6-5-15-30-21)27-11-13-29-14-12-27/h5-10,15,20H,11-14,16-17H2,1-4H3,(H2,24,25,26). The topological polar surface area (TPSA) is 58.1 Å². The van der Waals surface area contributed by atoms with E-state index < -0.39 is 0 Å². The maximum absolute atomic E-state index is 5.54. The van der Waals surface area contributed by atoms with Gasteiger partial charge in [0.2, 0.25) is 0 Å². The van der Waals surface area contributed by atoms with E-state index in [1.165, 1.54) is 10.4 Å². The summed E-state index contributed by atoms with van der Waals surface area (Å²) in [6.07, 6.45) is 0. The molecule has 1 atom stereocenters. The number of thiophene rings is 1. The monoisotopic (exact) mass is 430 g/mol. The molecule has 6 nitrogen and oxygen atoms in total. The number of guanidine groups is 1. The molecule has 1 aliphatic rings. The number of nitrogens with one attached hydrogen (secondary N) is 2. The van der Waals surface area contributed by atoms with E-state index in [2.05, 4.69) is 64.0 Å². The second kappa shape index (κ2) is 10.8. The molecule has 2 aromatic rings. The van der Waals surface area contributed by atoms with Gasteiger partial charge in [-0.3, -0.25) is 9.89 Å². The van der Waals surface area contributed by atoms with Crippen LogP contribution in [0.3, 0.4) is 0 Å². The Balaban J connectivity index is 1.58. The molecule has 1 unspecified atom stereocenters. The molecular formula is C23H34N4O2S. The molecule has 2 heterocycles. The molecule has 3 rings (SSSR count). The van der Waals surface area contributed by atoms with Gasteiger partial charge in [0.1, 0.15) is 5.75 Å². The van der Waals surface area contributed by atoms with Gasteiger partial charge in [-0.15, -0.1) is 11.3 Å². The molecule has 164 valence electrons. The Kier molecular flexibility index (Phi) is 8.13. The van der Waals surface area contributed by atoms with E-state index in [4.69, 9.17) is 9.47 Å². The summed E-state index contributed by atoms with van der Waals surface area (Å²) >= 11 is 1.81. The zero-order valence-corrected chi connectivity index (χ0v) is 19.3. The van der Waals surface area contributed by atoms with Crippen LogP contribution in [0.5, 0.6) is 5.75 Å². The van der Waals surface area contributed by atoms with Crippen molar-refractivity contribution in [1.82, 2.24) is 15.5 Å². The van der Waals surface area contributed by atoms with Gasteiger partial charge in [0, 0.05) is 43.5 Å². The van der Waals surface area contributed by atoms with Gasteiger partial charge in [0.05, 0.1) is 26.4 Å². The number of benzene rings is 1. The first-order chi connectivity index (χ1) is 14.5. The quantitative estimate of drug-likeness (QED) is 0.497. The van der Waals surface area contributed by atoms with Crippen molar-refractivity contribution in [2.75, 3.05) is 53.6 Å². The van der Waals surface area contributed by atoms with Crippen LogP contribution in [0.4, 0.5) is 0 Å². The molecule has 0 saturated carbocycles. The molecule has 0 radical (unpaired) electrons. The second-order valence-corrected chi connectivity index (χ2v) is 9.08. The number of methoxy groups -OCH3 is 1. The lowest BCUT2D eigenvalue weighted by Crippen LogP contribution is -2.48. The average Bonchev–Trinajstić information content (AvgIpc) is 3.31. The van der Waals surface area contributed by atoms with Crippen LogP contribution in [0.2, 0.25) is 0 Å². The van der Waals surface area contributed by atoms with Crippen molar-refractivity contribution in [2.45, 2.75) is 25.3 Å². The molecule has 1 aromatic carbocycles. The molecule has 2 N–H and O–H groups in total. The molecule has 1 fully saturated rings. The minimum Gasteiger partial charge on any atom is -0.497 e. The summed E-state index contributed by atoms with van der Waals surface area (Å²) < 4.78 is 10.8. The zero-order valence-electron chi connectivity index (χ0n) is 18.5. The predicted molar refractivity (Wildman–Crippen MR) is 125 cm³/mol. The Bertz CT molecular complexity index is 784. The highest BCUT2D eigenvalue weighted by atomic mass is 32.1. The Morgan fingerprint density at radius 2 is 1.93 bits per heavy atom. The van der Waals surface area contributed by atoms with Crippen LogP contribution < -0.4 is 15.4 Å². The largest absolute Gasteiger partial charge is 0.497 e. The molecule has 30 heavy (non-hydrogen) atoms. The van der Waals surface area contributed by atoms with Crippen molar-refractivity contribution >= 4 is 17.3 Å². The van der Waals surface area contributed by atoms with Gasteiger partial charge in [-0.25, -0.2) is 0 Å². The lowest BCUT2D eigenvalue weighted by Gasteiger charge is -2.34. The Morgan fingerprint density at radius 3 is 2.53 bits per heavy atom. The molecular weight excluding hydrogens is 396 g/mol. The van der Waals surface area contributed by atoms with Gasteiger partial charge in [-0.05, 0) is 29.1 Å². The number of aliphatic imine (C=N–C) groups is 1. The Morgan fingerprint density at radius 1 is 1.20 bits per heavy atom. The van der Waals surface area contributed by atoms with Gasteiger partial charge >= 0.3 is 0 Å². The number of hydrogen-bond acceptors (Lipinski definition) is 5. The first-order valence-corrected chi connectivity index (χ1v) is 11.4. The third kappa shape index (κ3) is 5.97. The molecule has 0 bridgehead atoms. The van der Waals surface area contributed by atoms with Crippen LogP contribution in [-0.4, -0.2) is 64.4 Å². The van der Waals surface area contributed by atoms with Gasteiger partial charge < -0.3 is 20.1 Å². The highest BCUT2D eigenvalue weighted by molar-refractivity contribution is 7.10. The van der Waals surface area contributed by atoms with Crippen LogP contribution in [-0.2, 0) is 10.2 Å². The van der Waals surface area contributed by atoms with Crippen LogP contribution in [0, 0.1) is 0 Å². The van der Waals surface area contributed by atoms with Crippen molar-refractivity contribution in [3.63, 3.8) is 0 Å². The van der Waals surface area contributed by atoms with Crippen molar-refractivity contribution in [3.05, 3.63) is 52.2 Å². The highest BCUT2D eigenvalue weighted by Gasteiger charge is 2.25. The van der Waals surface area contributed by atoms with E-state index in [-0.39, 0.29) is 5.41 Å². The van der Waals surface area contributed by atoms with Gasteiger partial charge in [0.25, 0.3) is 0 Å². The minimum absolute atomic E-state index is 0.0404. The van der Waals surface area contributed by atoms with Gasteiger partial charge in [-0.2, -0.15) is 0 Å². The normalized spacial score (nSPS) is 16.9. The SMILES string of the molecule is CN=C(NCC(c1cccs1)N1CCOCC1)NCC(C)(C)c1ccc(OC)cc1. The molecule has 1 aromatic heterocycles. The van der Waals surface area contributed by atoms with Crippen LogP contribution in [0.25, 0.3) is 0 Å². The first-order valence-electron chi connectivity index (χ1n) is 10.5. The fourth-order valence-corrected chi connectivity index (χ4v) is 4.50. The number of hydrogen-bond donors (Lipinski definition) is 2. The Labute approximate surface area is 184 Å². The van der Waals surface area contributed by atoms with Crippen LogP contribution >= 0.6 is 11.3 Å². The third-order valence-corrected chi connectivity index (χ3v) is 6.59. The zero-order chi connectivity index (χ0) is 21.4. The van der Waals surface area contributed by atoms with E-state index in [9.17, 15) is 0 Å². The van der Waals surface area contributed by atoms with Gasteiger partial charge in [-0.1, -0.05) is 32.0 Å². The molecule has 1 saturated heterocycles. The van der Waals surface area contributed by atoms with Crippen molar-refractivity contribution in [3.8, 4) is 5.75 Å². The Hall–Kier alpha value is -2.09. The van der Waals surface area contributed by atoms with E-state index in [0.29, 0.717) is 6.04 Å². The fraction of sp³-hybridized carbons (Fsp3) is 0.522. The van der Waals surface area contributed by atoms with Crippen molar-refractivity contribution in [1.29, 1.82) is 0 Å². The molecule has 1 aliphatic heterocycles. The lowest BCUT2D eigenvalue weighted by molar-refractivity contribution is 0.0177. The van der Waals surface area contributed by atoms with Crippen LogP contribution in [0.15, 0.2) is 46.8 Å². The van der Waals surface area contributed by atoms with Crippen LogP contribution in [0.1, 0.15) is 30.3 Å². The molecule has 0 amide bonds. The highest BCUT2D eigenvalue weighted by Crippen LogP contribution is 2.26. The number of rotatable bonds is 8. The van der Waals surface area contributed by atoms with E-state index in [1.54, 1.807) is 7.11 Å². The van der Waals surface area contributed by atoms with E-state index in [1.807, 2.05) is 30.5 Å². The molecule has 0 aliphatic carbocycles. The summed E-state index contributed by atoms with van der Waals surface area (Å²) in [6, 6.07) is 12.9. The molecule has 7 heteroatoms. The van der Waals surface area contributed by atoms with E-state index >= 15 is 0 Å². The maximum atomic E-state index is 5.54. The summed E-state index contributed by atoms with van der Waals surface area (Å²) in [4.78, 5) is 8.32. The summed E-state index contributed by atoms with van der Waals surface area (Å²) in [6.45, 7) is 9.56. The predicted octanol–water partition coefficient (Wildman–Crippen LogP) is 3.27. The third-order valence-electron chi connectivity index (χ3n) is 5.61. The minimum atomic E-state index is -0.0404. The number of nitrogens with zero attached hydrogens (tertiary/aromatic N) is 2. The van der Waals surface area contributed by atoms with E-state index in [0.717, 1.165) is 51.1 Å². The summed E-state index contributed by atoms with van der Waals surface area (Å²) in [5.41, 5.74) is 1.22. The smallest absolute Gasteiger partial charge is 0.191 e. The lowest BCUT2D eigenvalue weighted by atomic mass is 9.84. The average molecular weight is 431 g/mol. The fourth-order valence-electron chi connectivity index (χ4n) is 3.64. The van der Waals surface area contributed by atoms with Gasteiger partial charge in [0.15, 0.2) is 5.96 Å². The summed E-state index contributed by atoms with van der Waals surface area (Å²) in [5, 5.41) is 9.19. The number of ether oxygens (including phenoxy) is 2. The van der Waals surface area contributed by atoms with Crippen molar-refractivity contribution in [2.24, 2.45) is 4.99 Å². The first kappa shape index (κ1) is 22.6.